The van der Waals surface area contributed by atoms with Gasteiger partial charge in [-0.05, 0) is 50.1 Å². The second kappa shape index (κ2) is 6.38. The molecule has 0 saturated carbocycles. The van der Waals surface area contributed by atoms with Crippen LogP contribution < -0.4 is 5.46 Å². The molecule has 0 N–H and O–H groups in total. The third kappa shape index (κ3) is 3.56. The van der Waals surface area contributed by atoms with Crippen LogP contribution in [0.15, 0.2) is 24.3 Å². The summed E-state index contributed by atoms with van der Waals surface area (Å²) in [6, 6.07) is 8.16. The van der Waals surface area contributed by atoms with E-state index in [0.29, 0.717) is 18.9 Å². The summed E-state index contributed by atoms with van der Waals surface area (Å²) in [5, 5.41) is 0. The number of nitrogens with zero attached hydrogens (tertiary/aromatic N) is 1. The fraction of sp³-hybridized carbons (Fsp3) is 0.667. The van der Waals surface area contributed by atoms with Crippen LogP contribution in [0.1, 0.15) is 60.5 Å². The molecule has 2 saturated heterocycles. The Morgan fingerprint density at radius 1 is 1.12 bits per heavy atom. The SMILES string of the molecule is CC(C)(C)C1CC(=O)N(Cc2ccccc2B2OC(C)(C)C(C)(C)O2)C1. The minimum atomic E-state index is -0.396. The van der Waals surface area contributed by atoms with Crippen LogP contribution in [0.4, 0.5) is 0 Å². The van der Waals surface area contributed by atoms with Gasteiger partial charge in [-0.25, -0.2) is 0 Å². The van der Waals surface area contributed by atoms with Crippen molar-refractivity contribution in [2.45, 2.75) is 72.6 Å². The molecular weight excluding hydrogens is 325 g/mol. The summed E-state index contributed by atoms with van der Waals surface area (Å²) in [7, 11) is -0.396. The smallest absolute Gasteiger partial charge is 0.399 e. The summed E-state index contributed by atoms with van der Waals surface area (Å²) >= 11 is 0. The van der Waals surface area contributed by atoms with Gasteiger partial charge in [-0.3, -0.25) is 4.79 Å². The first-order chi connectivity index (χ1) is 11.9. The molecule has 2 aliphatic rings. The average Bonchev–Trinajstić information content (AvgIpc) is 2.97. The van der Waals surface area contributed by atoms with Crippen LogP contribution in [0.3, 0.4) is 0 Å². The van der Waals surface area contributed by atoms with Gasteiger partial charge in [-0.2, -0.15) is 0 Å². The summed E-state index contributed by atoms with van der Waals surface area (Å²) in [6.45, 7) is 16.3. The molecule has 142 valence electrons. The van der Waals surface area contributed by atoms with Gasteiger partial charge in [-0.1, -0.05) is 45.0 Å². The van der Waals surface area contributed by atoms with E-state index in [2.05, 4.69) is 60.6 Å². The predicted molar refractivity (Wildman–Crippen MR) is 105 cm³/mol. The van der Waals surface area contributed by atoms with Gasteiger partial charge in [0.1, 0.15) is 0 Å². The van der Waals surface area contributed by atoms with E-state index < -0.39 is 7.12 Å². The quantitative estimate of drug-likeness (QED) is 0.779. The first-order valence-corrected chi connectivity index (χ1v) is 9.62. The van der Waals surface area contributed by atoms with E-state index in [1.165, 1.54) is 0 Å². The third-order valence-electron chi connectivity index (χ3n) is 6.36. The molecule has 2 aliphatic heterocycles. The van der Waals surface area contributed by atoms with Crippen molar-refractivity contribution in [3.8, 4) is 0 Å². The summed E-state index contributed by atoms with van der Waals surface area (Å²) in [5.41, 5.74) is 1.54. The Kier molecular flexibility index (Phi) is 4.77. The minimum Gasteiger partial charge on any atom is -0.399 e. The molecule has 2 fully saturated rings. The van der Waals surface area contributed by atoms with Crippen molar-refractivity contribution in [2.24, 2.45) is 11.3 Å². The summed E-state index contributed by atoms with van der Waals surface area (Å²) in [4.78, 5) is 14.5. The highest BCUT2D eigenvalue weighted by atomic mass is 16.7. The molecule has 0 bridgehead atoms. The maximum Gasteiger partial charge on any atom is 0.495 e. The monoisotopic (exact) mass is 357 g/mol. The van der Waals surface area contributed by atoms with Gasteiger partial charge in [0, 0.05) is 19.5 Å². The zero-order valence-corrected chi connectivity index (χ0v) is 17.3. The lowest BCUT2D eigenvalue weighted by molar-refractivity contribution is -0.128. The summed E-state index contributed by atoms with van der Waals surface area (Å²) < 4.78 is 12.5. The second-order valence-electron chi connectivity index (χ2n) is 9.83. The Balaban J connectivity index is 1.80. The Bertz CT molecular complexity index is 677. The van der Waals surface area contributed by atoms with Crippen LogP contribution >= 0.6 is 0 Å². The maximum absolute atomic E-state index is 12.5. The van der Waals surface area contributed by atoms with E-state index in [-0.39, 0.29) is 22.5 Å². The van der Waals surface area contributed by atoms with Crippen LogP contribution in [-0.2, 0) is 20.6 Å². The molecule has 5 heteroatoms. The predicted octanol–water partition coefficient (Wildman–Crippen LogP) is 3.38. The number of hydrogen-bond donors (Lipinski definition) is 0. The molecule has 1 unspecified atom stereocenters. The Hall–Kier alpha value is -1.33. The molecule has 1 aromatic rings. The second-order valence-corrected chi connectivity index (χ2v) is 9.83. The van der Waals surface area contributed by atoms with E-state index in [0.717, 1.165) is 17.6 Å². The van der Waals surface area contributed by atoms with Crippen molar-refractivity contribution in [1.82, 2.24) is 4.90 Å². The normalized spacial score (nSPS) is 25.2. The van der Waals surface area contributed by atoms with Crippen LogP contribution in [0.5, 0.6) is 0 Å². The largest absolute Gasteiger partial charge is 0.495 e. The van der Waals surface area contributed by atoms with Gasteiger partial charge < -0.3 is 14.2 Å². The van der Waals surface area contributed by atoms with Crippen molar-refractivity contribution in [3.63, 3.8) is 0 Å². The molecule has 0 radical (unpaired) electrons. The van der Waals surface area contributed by atoms with E-state index in [1.807, 2.05) is 17.0 Å². The van der Waals surface area contributed by atoms with E-state index in [1.54, 1.807) is 0 Å². The fourth-order valence-corrected chi connectivity index (χ4v) is 3.59. The zero-order chi connectivity index (χ0) is 19.3. The molecule has 0 spiro atoms. The van der Waals surface area contributed by atoms with Crippen LogP contribution in [0, 0.1) is 11.3 Å². The maximum atomic E-state index is 12.5. The van der Waals surface area contributed by atoms with Crippen LogP contribution in [-0.4, -0.2) is 35.7 Å². The molecule has 1 amide bonds. The van der Waals surface area contributed by atoms with E-state index >= 15 is 0 Å². The number of hydrogen-bond acceptors (Lipinski definition) is 3. The van der Waals surface area contributed by atoms with Gasteiger partial charge >= 0.3 is 7.12 Å². The molecule has 0 aromatic heterocycles. The molecule has 26 heavy (non-hydrogen) atoms. The Labute approximate surface area is 158 Å². The fourth-order valence-electron chi connectivity index (χ4n) is 3.59. The average molecular weight is 357 g/mol. The molecule has 3 rings (SSSR count). The van der Waals surface area contributed by atoms with Gasteiger partial charge in [-0.15, -0.1) is 0 Å². The molecule has 1 atom stereocenters. The lowest BCUT2D eigenvalue weighted by Gasteiger charge is -2.32. The number of amides is 1. The molecular formula is C21H32BNO3. The molecule has 0 aliphatic carbocycles. The first-order valence-electron chi connectivity index (χ1n) is 9.62. The van der Waals surface area contributed by atoms with Crippen LogP contribution in [0.2, 0.25) is 0 Å². The first kappa shape index (κ1) is 19.4. The highest BCUT2D eigenvalue weighted by Gasteiger charge is 2.52. The number of carbonyl (C=O) groups is 1. The number of likely N-dealkylation sites (tertiary alicyclic amines) is 1. The Morgan fingerprint density at radius 2 is 1.69 bits per heavy atom. The molecule has 4 nitrogen and oxygen atoms in total. The number of carbonyl (C=O) groups excluding carboxylic acids is 1. The van der Waals surface area contributed by atoms with Gasteiger partial charge in [0.05, 0.1) is 11.2 Å². The molecule has 2 heterocycles. The van der Waals surface area contributed by atoms with Gasteiger partial charge in [0.2, 0.25) is 5.91 Å². The van der Waals surface area contributed by atoms with Gasteiger partial charge in [0.25, 0.3) is 0 Å². The minimum absolute atomic E-state index is 0.148. The lowest BCUT2D eigenvalue weighted by atomic mass is 9.76. The lowest BCUT2D eigenvalue weighted by Crippen LogP contribution is -2.41. The highest BCUT2D eigenvalue weighted by Crippen LogP contribution is 2.37. The van der Waals surface area contributed by atoms with E-state index in [4.69, 9.17) is 9.31 Å². The van der Waals surface area contributed by atoms with E-state index in [9.17, 15) is 4.79 Å². The molecule has 1 aromatic carbocycles. The Morgan fingerprint density at radius 3 is 2.23 bits per heavy atom. The third-order valence-corrected chi connectivity index (χ3v) is 6.36. The highest BCUT2D eigenvalue weighted by molar-refractivity contribution is 6.62. The van der Waals surface area contributed by atoms with Crippen molar-refractivity contribution in [1.29, 1.82) is 0 Å². The number of benzene rings is 1. The zero-order valence-electron chi connectivity index (χ0n) is 17.3. The van der Waals surface area contributed by atoms with Crippen molar-refractivity contribution in [3.05, 3.63) is 29.8 Å². The van der Waals surface area contributed by atoms with Crippen molar-refractivity contribution < 1.29 is 14.1 Å². The summed E-state index contributed by atoms with van der Waals surface area (Å²) in [6.07, 6.45) is 0.641. The van der Waals surface area contributed by atoms with Crippen LogP contribution in [0.25, 0.3) is 0 Å². The van der Waals surface area contributed by atoms with Crippen molar-refractivity contribution >= 4 is 18.5 Å². The summed E-state index contributed by atoms with van der Waals surface area (Å²) in [5.74, 6) is 0.646. The van der Waals surface area contributed by atoms with Gasteiger partial charge in [0.15, 0.2) is 0 Å². The number of rotatable bonds is 3. The van der Waals surface area contributed by atoms with Crippen molar-refractivity contribution in [2.75, 3.05) is 6.54 Å². The topological polar surface area (TPSA) is 38.8 Å². The standard InChI is InChI=1S/C21H32BNO3/c1-19(2,3)16-12-18(24)23(14-16)13-15-10-8-9-11-17(15)22-25-20(4,5)21(6,7)26-22/h8-11,16H,12-14H2,1-7H3.